The Kier molecular flexibility index (Phi) is 4.28. The zero-order chi connectivity index (χ0) is 12.3. The van der Waals surface area contributed by atoms with Crippen LogP contribution >= 0.6 is 11.8 Å². The summed E-state index contributed by atoms with van der Waals surface area (Å²) in [4.78, 5) is 1.12. The van der Waals surface area contributed by atoms with Gasteiger partial charge in [0.05, 0.1) is 12.7 Å². The number of ether oxygens (including phenoxy) is 1. The van der Waals surface area contributed by atoms with Gasteiger partial charge in [0.1, 0.15) is 5.75 Å². The van der Waals surface area contributed by atoms with E-state index in [4.69, 9.17) is 4.74 Å². The second kappa shape index (κ2) is 5.11. The van der Waals surface area contributed by atoms with Crippen LogP contribution in [-0.2, 0) is 12.0 Å². The van der Waals surface area contributed by atoms with Crippen molar-refractivity contribution in [2.45, 2.75) is 37.7 Å². The molecule has 0 bridgehead atoms. The highest BCUT2D eigenvalue weighted by Crippen LogP contribution is 2.35. The Morgan fingerprint density at radius 3 is 2.38 bits per heavy atom. The van der Waals surface area contributed by atoms with E-state index in [-0.39, 0.29) is 0 Å². The fourth-order valence-corrected chi connectivity index (χ4v) is 2.50. The molecule has 0 spiro atoms. The van der Waals surface area contributed by atoms with Gasteiger partial charge in [0.25, 0.3) is 0 Å². The van der Waals surface area contributed by atoms with Gasteiger partial charge in [-0.3, -0.25) is 0 Å². The molecule has 1 N–H and O–H groups in total. The predicted molar refractivity (Wildman–Crippen MR) is 69.4 cm³/mol. The minimum absolute atomic E-state index is 0.835. The number of aryl methyl sites for hydroxylation is 1. The molecule has 0 heterocycles. The summed E-state index contributed by atoms with van der Waals surface area (Å²) >= 11 is 1.66. The Balaban J connectivity index is 3.38. The van der Waals surface area contributed by atoms with Crippen molar-refractivity contribution in [1.82, 2.24) is 0 Å². The molecule has 0 saturated heterocycles. The van der Waals surface area contributed by atoms with Gasteiger partial charge in [-0.2, -0.15) is 0 Å². The van der Waals surface area contributed by atoms with E-state index in [2.05, 4.69) is 13.0 Å². The van der Waals surface area contributed by atoms with Gasteiger partial charge in [0, 0.05) is 10.5 Å². The van der Waals surface area contributed by atoms with Crippen molar-refractivity contribution in [2.24, 2.45) is 0 Å². The summed E-state index contributed by atoms with van der Waals surface area (Å²) in [5.74, 6) is 0.859. The van der Waals surface area contributed by atoms with Crippen LogP contribution in [0.15, 0.2) is 17.0 Å². The monoisotopic (exact) mass is 240 g/mol. The van der Waals surface area contributed by atoms with E-state index in [1.165, 1.54) is 5.56 Å². The Bertz CT molecular complexity index is 367. The molecule has 0 aliphatic heterocycles. The fraction of sp³-hybridized carbons (Fsp3) is 0.538. The van der Waals surface area contributed by atoms with Crippen LogP contribution < -0.4 is 4.74 Å². The van der Waals surface area contributed by atoms with Crippen LogP contribution in [-0.4, -0.2) is 18.5 Å². The molecule has 90 valence electrons. The first-order valence-electron chi connectivity index (χ1n) is 5.41. The Labute approximate surface area is 102 Å². The van der Waals surface area contributed by atoms with Gasteiger partial charge in [0.2, 0.25) is 0 Å². The van der Waals surface area contributed by atoms with E-state index in [0.717, 1.165) is 22.6 Å². The van der Waals surface area contributed by atoms with Crippen molar-refractivity contribution >= 4 is 11.8 Å². The normalized spacial score (nSPS) is 11.6. The number of hydrogen-bond donors (Lipinski definition) is 1. The van der Waals surface area contributed by atoms with Gasteiger partial charge < -0.3 is 9.84 Å². The molecule has 0 amide bonds. The summed E-state index contributed by atoms with van der Waals surface area (Å²) in [6, 6.07) is 4.06. The SMILES string of the molecule is CCc1cc(SC)c(C(C)(C)O)cc1OC. The molecular weight excluding hydrogens is 220 g/mol. The van der Waals surface area contributed by atoms with E-state index in [1.807, 2.05) is 12.3 Å². The van der Waals surface area contributed by atoms with Crippen LogP contribution in [0.5, 0.6) is 5.75 Å². The lowest BCUT2D eigenvalue weighted by Crippen LogP contribution is -2.17. The lowest BCUT2D eigenvalue weighted by atomic mass is 9.96. The predicted octanol–water partition coefficient (Wildman–Crippen LogP) is 3.21. The van der Waals surface area contributed by atoms with Crippen molar-refractivity contribution < 1.29 is 9.84 Å². The molecule has 0 unspecified atom stereocenters. The number of methoxy groups -OCH3 is 1. The average Bonchev–Trinajstić information content (AvgIpc) is 2.25. The van der Waals surface area contributed by atoms with Crippen molar-refractivity contribution in [2.75, 3.05) is 13.4 Å². The van der Waals surface area contributed by atoms with E-state index < -0.39 is 5.60 Å². The highest BCUT2D eigenvalue weighted by atomic mass is 32.2. The minimum atomic E-state index is -0.835. The molecule has 1 rings (SSSR count). The third-order valence-corrected chi connectivity index (χ3v) is 3.42. The summed E-state index contributed by atoms with van der Waals surface area (Å²) in [5.41, 5.74) is 1.27. The first-order chi connectivity index (χ1) is 7.43. The van der Waals surface area contributed by atoms with E-state index in [1.54, 1.807) is 32.7 Å². The number of rotatable bonds is 4. The highest BCUT2D eigenvalue weighted by molar-refractivity contribution is 7.98. The molecule has 0 saturated carbocycles. The van der Waals surface area contributed by atoms with Crippen LogP contribution in [0.2, 0.25) is 0 Å². The number of benzene rings is 1. The third-order valence-electron chi connectivity index (χ3n) is 2.64. The van der Waals surface area contributed by atoms with Crippen molar-refractivity contribution in [3.8, 4) is 5.75 Å². The third kappa shape index (κ3) is 2.71. The zero-order valence-corrected chi connectivity index (χ0v) is 11.4. The molecule has 16 heavy (non-hydrogen) atoms. The molecular formula is C13H20O2S. The quantitative estimate of drug-likeness (QED) is 0.819. The van der Waals surface area contributed by atoms with Crippen molar-refractivity contribution in [3.63, 3.8) is 0 Å². The summed E-state index contributed by atoms with van der Waals surface area (Å²) in [5, 5.41) is 10.1. The van der Waals surface area contributed by atoms with Gasteiger partial charge in [-0.1, -0.05) is 6.92 Å². The molecule has 0 aliphatic carbocycles. The first-order valence-corrected chi connectivity index (χ1v) is 6.64. The maximum atomic E-state index is 10.1. The smallest absolute Gasteiger partial charge is 0.122 e. The number of aliphatic hydroxyl groups is 1. The lowest BCUT2D eigenvalue weighted by Gasteiger charge is -2.23. The second-order valence-corrected chi connectivity index (χ2v) is 5.12. The minimum Gasteiger partial charge on any atom is -0.496 e. The maximum Gasteiger partial charge on any atom is 0.122 e. The topological polar surface area (TPSA) is 29.5 Å². The number of thioether (sulfide) groups is 1. The average molecular weight is 240 g/mol. The number of hydrogen-bond acceptors (Lipinski definition) is 3. The Morgan fingerprint density at radius 2 is 2.00 bits per heavy atom. The molecule has 0 radical (unpaired) electrons. The summed E-state index contributed by atoms with van der Waals surface area (Å²) < 4.78 is 5.35. The van der Waals surface area contributed by atoms with Crippen molar-refractivity contribution in [3.05, 3.63) is 23.3 Å². The van der Waals surface area contributed by atoms with Gasteiger partial charge in [-0.05, 0) is 44.2 Å². The largest absolute Gasteiger partial charge is 0.496 e. The van der Waals surface area contributed by atoms with Gasteiger partial charge in [-0.15, -0.1) is 11.8 Å². The summed E-state index contributed by atoms with van der Waals surface area (Å²) in [6.45, 7) is 5.70. The van der Waals surface area contributed by atoms with Gasteiger partial charge >= 0.3 is 0 Å². The van der Waals surface area contributed by atoms with E-state index in [9.17, 15) is 5.11 Å². The Morgan fingerprint density at radius 1 is 1.38 bits per heavy atom. The van der Waals surface area contributed by atoms with Crippen LogP contribution in [0, 0.1) is 0 Å². The fourth-order valence-electron chi connectivity index (χ4n) is 1.72. The first kappa shape index (κ1) is 13.4. The second-order valence-electron chi connectivity index (χ2n) is 4.28. The zero-order valence-electron chi connectivity index (χ0n) is 10.6. The Hall–Kier alpha value is -0.670. The molecule has 1 aromatic rings. The standard InChI is InChI=1S/C13H20O2S/c1-6-9-7-12(16-5)10(13(2,3)14)8-11(9)15-4/h7-8,14H,6H2,1-5H3. The van der Waals surface area contributed by atoms with Crippen LogP contribution in [0.25, 0.3) is 0 Å². The maximum absolute atomic E-state index is 10.1. The molecule has 0 fully saturated rings. The molecule has 0 atom stereocenters. The molecule has 0 aromatic heterocycles. The molecule has 2 nitrogen and oxygen atoms in total. The summed E-state index contributed by atoms with van der Waals surface area (Å²) in [6.07, 6.45) is 2.96. The van der Waals surface area contributed by atoms with E-state index >= 15 is 0 Å². The van der Waals surface area contributed by atoms with Gasteiger partial charge in [-0.25, -0.2) is 0 Å². The van der Waals surface area contributed by atoms with Crippen LogP contribution in [0.3, 0.4) is 0 Å². The highest BCUT2D eigenvalue weighted by Gasteiger charge is 2.22. The lowest BCUT2D eigenvalue weighted by molar-refractivity contribution is 0.0754. The van der Waals surface area contributed by atoms with Gasteiger partial charge in [0.15, 0.2) is 0 Å². The summed E-state index contributed by atoms with van der Waals surface area (Å²) in [7, 11) is 1.67. The van der Waals surface area contributed by atoms with Crippen LogP contribution in [0.4, 0.5) is 0 Å². The van der Waals surface area contributed by atoms with Crippen LogP contribution in [0.1, 0.15) is 31.9 Å². The molecule has 3 heteroatoms. The van der Waals surface area contributed by atoms with E-state index in [0.29, 0.717) is 0 Å². The molecule has 0 aliphatic rings. The van der Waals surface area contributed by atoms with Crippen molar-refractivity contribution in [1.29, 1.82) is 0 Å². The molecule has 1 aromatic carbocycles.